The Balaban J connectivity index is 2.29. The van der Waals surface area contributed by atoms with Crippen molar-refractivity contribution in [2.75, 3.05) is 39.6 Å². The fourth-order valence-corrected chi connectivity index (χ4v) is 2.59. The predicted molar refractivity (Wildman–Crippen MR) is 110 cm³/mol. The number of aromatic nitrogens is 2. The van der Waals surface area contributed by atoms with Gasteiger partial charge in [-0.2, -0.15) is 0 Å². The van der Waals surface area contributed by atoms with Crippen LogP contribution in [-0.4, -0.2) is 103 Å². The highest BCUT2D eigenvalue weighted by atomic mass is 16.3. The van der Waals surface area contributed by atoms with Gasteiger partial charge in [0.05, 0.1) is 51.0 Å². The molecule has 0 aromatic carbocycles. The van der Waals surface area contributed by atoms with E-state index in [4.69, 9.17) is 0 Å². The summed E-state index contributed by atoms with van der Waals surface area (Å²) in [5.74, 6) is -1.36. The van der Waals surface area contributed by atoms with Crippen LogP contribution >= 0.6 is 0 Å². The van der Waals surface area contributed by atoms with Gasteiger partial charge in [0, 0.05) is 23.5 Å². The average Bonchev–Trinajstić information content (AvgIpc) is 2.86. The number of carbonyl (C=O) groups excluding carboxylic acids is 2. The van der Waals surface area contributed by atoms with Crippen LogP contribution in [0.25, 0.3) is 11.4 Å². The number of hydrogen-bond donors (Lipinski definition) is 8. The Kier molecular flexibility index (Phi) is 8.72. The molecule has 174 valence electrons. The van der Waals surface area contributed by atoms with Gasteiger partial charge in [0.2, 0.25) is 0 Å². The standard InChI is InChI=1S/C20H26N4O8/c25-7-19(8-26,9-27)23-17(31)13-1-3-21-15(5-13)16-6-14(2-4-22-16)18(32)24-20(10-28,11-29)12-30/h1-6,25-30H,7-12H2,(H,23,31)(H,24,32). The number of aliphatic hydroxyl groups excluding tert-OH is 6. The predicted octanol–water partition coefficient (Wildman–Crippen LogP) is -2.97. The molecule has 8 N–H and O–H groups in total. The summed E-state index contributed by atoms with van der Waals surface area (Å²) in [4.78, 5) is 33.3. The van der Waals surface area contributed by atoms with Gasteiger partial charge in [-0.1, -0.05) is 0 Å². The first-order chi connectivity index (χ1) is 15.3. The Morgan fingerprint density at radius 2 is 0.969 bits per heavy atom. The average molecular weight is 450 g/mol. The van der Waals surface area contributed by atoms with Gasteiger partial charge < -0.3 is 41.3 Å². The molecule has 0 aliphatic heterocycles. The fraction of sp³-hybridized carbons (Fsp3) is 0.400. The summed E-state index contributed by atoms with van der Waals surface area (Å²) >= 11 is 0. The Morgan fingerprint density at radius 1 is 0.656 bits per heavy atom. The van der Waals surface area contributed by atoms with E-state index in [2.05, 4.69) is 20.6 Å². The molecule has 0 bridgehead atoms. The van der Waals surface area contributed by atoms with E-state index >= 15 is 0 Å². The Bertz CT molecular complexity index is 839. The number of hydrogen-bond acceptors (Lipinski definition) is 10. The van der Waals surface area contributed by atoms with E-state index < -0.39 is 62.5 Å². The van der Waals surface area contributed by atoms with Gasteiger partial charge in [-0.15, -0.1) is 0 Å². The number of aliphatic hydroxyl groups is 6. The molecular formula is C20H26N4O8. The van der Waals surface area contributed by atoms with Gasteiger partial charge in [0.25, 0.3) is 11.8 Å². The van der Waals surface area contributed by atoms with Crippen molar-refractivity contribution in [3.05, 3.63) is 47.8 Å². The van der Waals surface area contributed by atoms with Gasteiger partial charge >= 0.3 is 0 Å². The molecule has 0 spiro atoms. The van der Waals surface area contributed by atoms with Crippen molar-refractivity contribution >= 4 is 11.8 Å². The van der Waals surface area contributed by atoms with Crippen molar-refractivity contribution in [3.63, 3.8) is 0 Å². The van der Waals surface area contributed by atoms with Crippen molar-refractivity contribution in [3.8, 4) is 11.4 Å². The van der Waals surface area contributed by atoms with Crippen LogP contribution in [0.4, 0.5) is 0 Å². The van der Waals surface area contributed by atoms with E-state index in [0.717, 1.165) is 0 Å². The quantitative estimate of drug-likeness (QED) is 0.174. The fourth-order valence-electron chi connectivity index (χ4n) is 2.59. The molecule has 12 heteroatoms. The molecule has 2 aromatic heterocycles. The third-order valence-electron chi connectivity index (χ3n) is 4.88. The lowest BCUT2D eigenvalue weighted by atomic mass is 10.0. The molecule has 0 unspecified atom stereocenters. The summed E-state index contributed by atoms with van der Waals surface area (Å²) in [6, 6.07) is 5.50. The van der Waals surface area contributed by atoms with E-state index in [1.54, 1.807) is 0 Å². The minimum atomic E-state index is -1.60. The molecule has 32 heavy (non-hydrogen) atoms. The molecule has 0 saturated heterocycles. The van der Waals surface area contributed by atoms with Gasteiger partial charge in [0.1, 0.15) is 11.1 Å². The lowest BCUT2D eigenvalue weighted by Gasteiger charge is -2.28. The van der Waals surface area contributed by atoms with E-state index in [9.17, 15) is 40.2 Å². The third kappa shape index (κ3) is 5.62. The number of nitrogens with zero attached hydrogens (tertiary/aromatic N) is 2. The minimum absolute atomic E-state index is 0.103. The zero-order valence-corrected chi connectivity index (χ0v) is 17.1. The van der Waals surface area contributed by atoms with Crippen LogP contribution in [-0.2, 0) is 0 Å². The van der Waals surface area contributed by atoms with Gasteiger partial charge in [0.15, 0.2) is 0 Å². The smallest absolute Gasteiger partial charge is 0.252 e. The van der Waals surface area contributed by atoms with Gasteiger partial charge in [-0.05, 0) is 24.3 Å². The number of nitrogens with one attached hydrogen (secondary N) is 2. The molecule has 0 fully saturated rings. The van der Waals surface area contributed by atoms with Crippen LogP contribution in [0, 0.1) is 0 Å². The maximum atomic E-state index is 12.5. The SMILES string of the molecule is O=C(NC(CO)(CO)CO)c1ccnc(-c2cc(C(=O)NC(CO)(CO)CO)ccn2)c1. The van der Waals surface area contributed by atoms with Crippen molar-refractivity contribution in [2.45, 2.75) is 11.1 Å². The molecule has 0 atom stereocenters. The van der Waals surface area contributed by atoms with Gasteiger partial charge in [-0.25, -0.2) is 0 Å². The summed E-state index contributed by atoms with van der Waals surface area (Å²) in [5, 5.41) is 61.0. The zero-order valence-electron chi connectivity index (χ0n) is 17.1. The molecule has 2 heterocycles. The Labute approximate surface area is 183 Å². The first-order valence-electron chi connectivity index (χ1n) is 9.54. The van der Waals surface area contributed by atoms with Crippen LogP contribution in [0.15, 0.2) is 36.7 Å². The van der Waals surface area contributed by atoms with Crippen LogP contribution in [0.5, 0.6) is 0 Å². The molecular weight excluding hydrogens is 424 g/mol. The largest absolute Gasteiger partial charge is 0.394 e. The van der Waals surface area contributed by atoms with E-state index in [0.29, 0.717) is 0 Å². The minimum Gasteiger partial charge on any atom is -0.394 e. The van der Waals surface area contributed by atoms with Crippen molar-refractivity contribution in [1.29, 1.82) is 0 Å². The highest BCUT2D eigenvalue weighted by Gasteiger charge is 2.31. The monoisotopic (exact) mass is 450 g/mol. The van der Waals surface area contributed by atoms with E-state index in [1.807, 2.05) is 0 Å². The molecule has 2 amide bonds. The second-order valence-electron chi connectivity index (χ2n) is 7.28. The van der Waals surface area contributed by atoms with E-state index in [-0.39, 0.29) is 22.5 Å². The molecule has 2 rings (SSSR count). The first-order valence-corrected chi connectivity index (χ1v) is 9.54. The molecule has 0 saturated carbocycles. The summed E-state index contributed by atoms with van der Waals surface area (Å²) in [5.41, 5.74) is -2.54. The summed E-state index contributed by atoms with van der Waals surface area (Å²) in [7, 11) is 0. The highest BCUT2D eigenvalue weighted by molar-refractivity contribution is 5.97. The highest BCUT2D eigenvalue weighted by Crippen LogP contribution is 2.18. The molecule has 0 radical (unpaired) electrons. The molecule has 12 nitrogen and oxygen atoms in total. The lowest BCUT2D eigenvalue weighted by molar-refractivity contribution is 0.0375. The second-order valence-corrected chi connectivity index (χ2v) is 7.28. The summed E-state index contributed by atoms with van der Waals surface area (Å²) in [6.45, 7) is -4.09. The summed E-state index contributed by atoms with van der Waals surface area (Å²) in [6.07, 6.45) is 2.65. The molecule has 2 aromatic rings. The third-order valence-corrected chi connectivity index (χ3v) is 4.88. The number of amides is 2. The Morgan fingerprint density at radius 3 is 1.25 bits per heavy atom. The zero-order chi connectivity index (χ0) is 23.8. The number of rotatable bonds is 11. The topological polar surface area (TPSA) is 205 Å². The first kappa shape index (κ1) is 25.3. The van der Waals surface area contributed by atoms with Crippen LogP contribution < -0.4 is 10.6 Å². The van der Waals surface area contributed by atoms with Crippen molar-refractivity contribution in [2.24, 2.45) is 0 Å². The number of pyridine rings is 2. The van der Waals surface area contributed by atoms with Crippen LogP contribution in [0.3, 0.4) is 0 Å². The maximum absolute atomic E-state index is 12.5. The maximum Gasteiger partial charge on any atom is 0.252 e. The normalized spacial score (nSPS) is 11.8. The second kappa shape index (κ2) is 11.0. The summed E-state index contributed by atoms with van der Waals surface area (Å²) < 4.78 is 0. The van der Waals surface area contributed by atoms with E-state index in [1.165, 1.54) is 36.7 Å². The molecule has 0 aliphatic rings. The number of carbonyl (C=O) groups is 2. The Hall–Kier alpha value is -3.00. The van der Waals surface area contributed by atoms with Crippen LogP contribution in [0.1, 0.15) is 20.7 Å². The van der Waals surface area contributed by atoms with Gasteiger partial charge in [-0.3, -0.25) is 19.6 Å². The van der Waals surface area contributed by atoms with Crippen molar-refractivity contribution < 1.29 is 40.2 Å². The van der Waals surface area contributed by atoms with Crippen LogP contribution in [0.2, 0.25) is 0 Å². The lowest BCUT2D eigenvalue weighted by Crippen LogP contribution is -2.57. The van der Waals surface area contributed by atoms with Crippen molar-refractivity contribution in [1.82, 2.24) is 20.6 Å². The molecule has 0 aliphatic carbocycles.